The first-order valence-corrected chi connectivity index (χ1v) is 7.65. The zero-order valence-corrected chi connectivity index (χ0v) is 13.2. The summed E-state index contributed by atoms with van der Waals surface area (Å²) >= 11 is 0. The van der Waals surface area contributed by atoms with Crippen LogP contribution in [-0.4, -0.2) is 30.6 Å². The largest absolute Gasteiger partial charge is 0.311 e. The van der Waals surface area contributed by atoms with Gasteiger partial charge in [0.2, 0.25) is 0 Å². The van der Waals surface area contributed by atoms with Crippen LogP contribution in [0.25, 0.3) is 0 Å². The van der Waals surface area contributed by atoms with Crippen molar-refractivity contribution in [2.24, 2.45) is 0 Å². The molecule has 1 aromatic carbocycles. The van der Waals surface area contributed by atoms with Gasteiger partial charge in [0.15, 0.2) is 0 Å². The second-order valence-electron chi connectivity index (χ2n) is 6.42. The van der Waals surface area contributed by atoms with Crippen LogP contribution in [0.4, 0.5) is 4.39 Å². The van der Waals surface area contributed by atoms with Gasteiger partial charge in [0, 0.05) is 5.54 Å². The molecule has 0 radical (unpaired) electrons. The molecule has 1 fully saturated rings. The van der Waals surface area contributed by atoms with Gasteiger partial charge in [0.25, 0.3) is 0 Å². The van der Waals surface area contributed by atoms with E-state index in [9.17, 15) is 4.39 Å². The van der Waals surface area contributed by atoms with Crippen molar-refractivity contribution < 1.29 is 4.39 Å². The summed E-state index contributed by atoms with van der Waals surface area (Å²) in [6.45, 7) is 8.87. The molecule has 2 nitrogen and oxygen atoms in total. The van der Waals surface area contributed by atoms with Crippen molar-refractivity contribution in [3.8, 4) is 0 Å². The fraction of sp³-hybridized carbons (Fsp3) is 0.647. The van der Waals surface area contributed by atoms with Gasteiger partial charge < -0.3 is 5.32 Å². The summed E-state index contributed by atoms with van der Waals surface area (Å²) in [7, 11) is 1.97. The molecular weight excluding hydrogens is 251 g/mol. The Labute approximate surface area is 122 Å². The molecule has 0 aliphatic carbocycles. The third kappa shape index (κ3) is 3.04. The van der Waals surface area contributed by atoms with Gasteiger partial charge in [-0.2, -0.15) is 0 Å². The molecular formula is C17H27FN2. The van der Waals surface area contributed by atoms with Gasteiger partial charge in [-0.05, 0) is 77.0 Å². The smallest absolute Gasteiger partial charge is 0.123 e. The molecule has 1 aliphatic rings. The van der Waals surface area contributed by atoms with Gasteiger partial charge in [-0.1, -0.05) is 12.5 Å². The summed E-state index contributed by atoms with van der Waals surface area (Å²) in [5.74, 6) is -0.153. The fourth-order valence-corrected chi connectivity index (χ4v) is 3.46. The Kier molecular flexibility index (Phi) is 4.82. The molecule has 0 spiro atoms. The summed E-state index contributed by atoms with van der Waals surface area (Å²) in [4.78, 5) is 2.54. The molecule has 112 valence electrons. The van der Waals surface area contributed by atoms with E-state index in [-0.39, 0.29) is 17.4 Å². The van der Waals surface area contributed by atoms with Gasteiger partial charge in [-0.15, -0.1) is 0 Å². The van der Waals surface area contributed by atoms with E-state index in [1.54, 1.807) is 12.1 Å². The number of likely N-dealkylation sites (tertiary alicyclic amines) is 1. The number of halogens is 1. The van der Waals surface area contributed by atoms with Crippen LogP contribution in [0, 0.1) is 12.7 Å². The number of hydrogen-bond donors (Lipinski definition) is 1. The van der Waals surface area contributed by atoms with Crippen LogP contribution in [0.1, 0.15) is 50.3 Å². The molecule has 20 heavy (non-hydrogen) atoms. The molecule has 1 N–H and O–H groups in total. The van der Waals surface area contributed by atoms with E-state index in [1.165, 1.54) is 19.3 Å². The van der Waals surface area contributed by atoms with Crippen molar-refractivity contribution in [3.05, 3.63) is 35.1 Å². The van der Waals surface area contributed by atoms with Crippen molar-refractivity contribution in [2.45, 2.75) is 51.6 Å². The Bertz CT molecular complexity index is 450. The first kappa shape index (κ1) is 15.5. The van der Waals surface area contributed by atoms with Crippen LogP contribution in [0.15, 0.2) is 18.2 Å². The summed E-state index contributed by atoms with van der Waals surface area (Å²) in [5.41, 5.74) is 2.20. The lowest BCUT2D eigenvalue weighted by Crippen LogP contribution is -2.53. The number of nitrogens with one attached hydrogen (secondary N) is 1. The summed E-state index contributed by atoms with van der Waals surface area (Å²) in [5, 5.41) is 3.42. The standard InChI is InChI=1S/C17H27FN2/c1-13-8-9-14(18)12-15(13)16(19-4)17(2,3)20-10-6-5-7-11-20/h8-9,12,16,19H,5-7,10-11H2,1-4H3. The lowest BCUT2D eigenvalue weighted by molar-refractivity contribution is 0.0630. The van der Waals surface area contributed by atoms with Crippen molar-refractivity contribution in [1.29, 1.82) is 0 Å². The highest BCUT2D eigenvalue weighted by Crippen LogP contribution is 2.34. The molecule has 1 unspecified atom stereocenters. The van der Waals surface area contributed by atoms with E-state index >= 15 is 0 Å². The number of piperidine rings is 1. The number of aryl methyl sites for hydroxylation is 1. The zero-order chi connectivity index (χ0) is 14.8. The lowest BCUT2D eigenvalue weighted by Gasteiger charge is -2.46. The van der Waals surface area contributed by atoms with E-state index in [1.807, 2.05) is 13.1 Å². The third-order valence-corrected chi connectivity index (χ3v) is 4.72. The molecule has 1 aliphatic heterocycles. The van der Waals surface area contributed by atoms with Crippen molar-refractivity contribution in [1.82, 2.24) is 10.2 Å². The number of hydrogen-bond acceptors (Lipinski definition) is 2. The van der Waals surface area contributed by atoms with Crippen LogP contribution in [0.2, 0.25) is 0 Å². The second kappa shape index (κ2) is 6.23. The summed E-state index contributed by atoms with van der Waals surface area (Å²) < 4.78 is 13.6. The highest BCUT2D eigenvalue weighted by molar-refractivity contribution is 5.32. The minimum atomic E-state index is -0.153. The second-order valence-corrected chi connectivity index (χ2v) is 6.42. The van der Waals surface area contributed by atoms with Gasteiger partial charge >= 0.3 is 0 Å². The van der Waals surface area contributed by atoms with Crippen LogP contribution < -0.4 is 5.32 Å². The fourth-order valence-electron chi connectivity index (χ4n) is 3.46. The van der Waals surface area contributed by atoms with E-state index in [2.05, 4.69) is 31.0 Å². The van der Waals surface area contributed by atoms with Crippen molar-refractivity contribution in [2.75, 3.05) is 20.1 Å². The molecule has 1 atom stereocenters. The number of rotatable bonds is 4. The first-order valence-electron chi connectivity index (χ1n) is 7.65. The molecule has 0 saturated carbocycles. The normalized spacial score (nSPS) is 19.1. The monoisotopic (exact) mass is 278 g/mol. The predicted molar refractivity (Wildman–Crippen MR) is 82.4 cm³/mol. The molecule has 1 heterocycles. The minimum Gasteiger partial charge on any atom is -0.311 e. The zero-order valence-electron chi connectivity index (χ0n) is 13.2. The first-order chi connectivity index (χ1) is 9.46. The predicted octanol–water partition coefficient (Wildman–Crippen LogP) is 3.66. The Morgan fingerprint density at radius 1 is 1.20 bits per heavy atom. The maximum Gasteiger partial charge on any atom is 0.123 e. The number of benzene rings is 1. The lowest BCUT2D eigenvalue weighted by atomic mass is 9.84. The highest BCUT2D eigenvalue weighted by atomic mass is 19.1. The molecule has 0 amide bonds. The van der Waals surface area contributed by atoms with E-state index < -0.39 is 0 Å². The summed E-state index contributed by atoms with van der Waals surface area (Å²) in [6, 6.07) is 5.24. The Hall–Kier alpha value is -0.930. The molecule has 2 rings (SSSR count). The van der Waals surface area contributed by atoms with Gasteiger partial charge in [0.05, 0.1) is 6.04 Å². The molecule has 0 aromatic heterocycles. The van der Waals surface area contributed by atoms with Crippen LogP contribution >= 0.6 is 0 Å². The van der Waals surface area contributed by atoms with Gasteiger partial charge in [0.1, 0.15) is 5.82 Å². The molecule has 0 bridgehead atoms. The molecule has 1 aromatic rings. The number of likely N-dealkylation sites (N-methyl/N-ethyl adjacent to an activating group) is 1. The average molecular weight is 278 g/mol. The molecule has 1 saturated heterocycles. The van der Waals surface area contributed by atoms with Crippen LogP contribution in [-0.2, 0) is 0 Å². The SMILES string of the molecule is CNC(c1cc(F)ccc1C)C(C)(C)N1CCCCC1. The van der Waals surface area contributed by atoms with Crippen molar-refractivity contribution >= 4 is 0 Å². The quantitative estimate of drug-likeness (QED) is 0.904. The Balaban J connectivity index is 2.32. The topological polar surface area (TPSA) is 15.3 Å². The van der Waals surface area contributed by atoms with Crippen molar-refractivity contribution in [3.63, 3.8) is 0 Å². The van der Waals surface area contributed by atoms with E-state index in [0.29, 0.717) is 0 Å². The third-order valence-electron chi connectivity index (χ3n) is 4.72. The Morgan fingerprint density at radius 3 is 2.45 bits per heavy atom. The average Bonchev–Trinajstić information content (AvgIpc) is 2.44. The van der Waals surface area contributed by atoms with Crippen LogP contribution in [0.5, 0.6) is 0 Å². The van der Waals surface area contributed by atoms with Gasteiger partial charge in [-0.3, -0.25) is 4.90 Å². The van der Waals surface area contributed by atoms with Gasteiger partial charge in [-0.25, -0.2) is 4.39 Å². The Morgan fingerprint density at radius 2 is 1.85 bits per heavy atom. The van der Waals surface area contributed by atoms with E-state index in [0.717, 1.165) is 24.2 Å². The molecule has 3 heteroatoms. The summed E-state index contributed by atoms with van der Waals surface area (Å²) in [6.07, 6.45) is 3.86. The maximum absolute atomic E-state index is 13.6. The maximum atomic E-state index is 13.6. The highest BCUT2D eigenvalue weighted by Gasteiger charge is 2.36. The minimum absolute atomic E-state index is 0.0201. The van der Waals surface area contributed by atoms with E-state index in [4.69, 9.17) is 0 Å². The van der Waals surface area contributed by atoms with Crippen LogP contribution in [0.3, 0.4) is 0 Å². The number of nitrogens with zero attached hydrogens (tertiary/aromatic N) is 1.